The second kappa shape index (κ2) is 5.22. The molecule has 1 fully saturated rings. The summed E-state index contributed by atoms with van der Waals surface area (Å²) < 4.78 is 51.3. The molecule has 1 amide bonds. The second-order valence-electron chi connectivity index (χ2n) is 4.32. The third-order valence-corrected chi connectivity index (χ3v) is 3.97. The quantitative estimate of drug-likeness (QED) is 0.826. The van der Waals surface area contributed by atoms with Crippen molar-refractivity contribution in [1.82, 2.24) is 10.0 Å². The molecule has 2 rings (SSSR count). The number of carbonyl (C=O) groups is 1. The predicted octanol–water partition coefficient (Wildman–Crippen LogP) is 0.130. The van der Waals surface area contributed by atoms with Crippen molar-refractivity contribution in [3.8, 4) is 0 Å². The van der Waals surface area contributed by atoms with Gasteiger partial charge in [0.1, 0.15) is 11.6 Å². The topological polar surface area (TPSA) is 75.3 Å². The molecule has 1 aliphatic heterocycles. The maximum Gasteiger partial charge on any atom is 0.239 e. The lowest BCUT2D eigenvalue weighted by Crippen LogP contribution is -2.52. The third-order valence-electron chi connectivity index (χ3n) is 2.77. The molecule has 0 aromatic heterocycles. The highest BCUT2D eigenvalue weighted by molar-refractivity contribution is 7.89. The molecule has 0 saturated carbocycles. The van der Waals surface area contributed by atoms with Crippen molar-refractivity contribution in [3.05, 3.63) is 35.4 Å². The number of carbonyl (C=O) groups excluding carboxylic acids is 1. The summed E-state index contributed by atoms with van der Waals surface area (Å²) in [4.78, 5) is 11.5. The summed E-state index contributed by atoms with van der Waals surface area (Å²) in [6.07, 6.45) is 0. The van der Waals surface area contributed by atoms with Crippen LogP contribution in [0, 0.1) is 17.6 Å². The minimum Gasteiger partial charge on any atom is -0.315 e. The normalized spacial score (nSPS) is 15.9. The van der Waals surface area contributed by atoms with Gasteiger partial charge >= 0.3 is 0 Å². The van der Waals surface area contributed by atoms with E-state index in [9.17, 15) is 22.0 Å². The van der Waals surface area contributed by atoms with Crippen molar-refractivity contribution in [2.24, 2.45) is 5.92 Å². The van der Waals surface area contributed by atoms with Crippen molar-refractivity contribution >= 4 is 15.9 Å². The number of hydrogen-bond acceptors (Lipinski definition) is 4. The van der Waals surface area contributed by atoms with Gasteiger partial charge in [0.15, 0.2) is 0 Å². The smallest absolute Gasteiger partial charge is 0.239 e. The first-order valence-corrected chi connectivity index (χ1v) is 7.21. The van der Waals surface area contributed by atoms with E-state index in [-0.39, 0.29) is 11.5 Å². The molecule has 1 aromatic carbocycles. The lowest BCUT2D eigenvalue weighted by molar-refractivity contribution is -0.124. The van der Waals surface area contributed by atoms with Gasteiger partial charge in [-0.1, -0.05) is 6.07 Å². The Bertz CT molecular complexity index is 600. The molecule has 2 N–H and O–H groups in total. The number of halogens is 2. The third kappa shape index (κ3) is 3.48. The number of rotatable bonds is 4. The molecule has 19 heavy (non-hydrogen) atoms. The van der Waals surface area contributed by atoms with Crippen molar-refractivity contribution in [1.29, 1.82) is 0 Å². The maximum absolute atomic E-state index is 13.3. The van der Waals surface area contributed by atoms with Crippen LogP contribution in [0.2, 0.25) is 0 Å². The lowest BCUT2D eigenvalue weighted by Gasteiger charge is -2.25. The molecule has 1 heterocycles. The van der Waals surface area contributed by atoms with Gasteiger partial charge in [0.25, 0.3) is 0 Å². The summed E-state index contributed by atoms with van der Waals surface area (Å²) in [5, 5.41) is 2.84. The Balaban J connectivity index is 2.05. The van der Waals surface area contributed by atoms with Gasteiger partial charge in [-0.15, -0.1) is 0 Å². The van der Waals surface area contributed by atoms with Crippen molar-refractivity contribution in [2.75, 3.05) is 13.1 Å². The Labute approximate surface area is 109 Å². The molecular formula is C11H12F2N2O3S. The Morgan fingerprint density at radius 3 is 2.58 bits per heavy atom. The van der Waals surface area contributed by atoms with Crippen LogP contribution < -0.4 is 10.0 Å². The fraction of sp³-hybridized carbons (Fsp3) is 0.364. The minimum absolute atomic E-state index is 0.187. The average Bonchev–Trinajstić information content (AvgIpc) is 2.18. The molecular weight excluding hydrogens is 278 g/mol. The van der Waals surface area contributed by atoms with Gasteiger partial charge in [-0.25, -0.2) is 17.2 Å². The molecule has 1 aliphatic rings. The first-order chi connectivity index (χ1) is 8.87. The predicted molar refractivity (Wildman–Crippen MR) is 63.5 cm³/mol. The van der Waals surface area contributed by atoms with Crippen LogP contribution in [-0.2, 0) is 20.6 Å². The molecule has 1 aromatic rings. The molecule has 0 atom stereocenters. The Hall–Kier alpha value is -1.54. The van der Waals surface area contributed by atoms with E-state index in [4.69, 9.17) is 0 Å². The number of amides is 1. The van der Waals surface area contributed by atoms with Gasteiger partial charge in [-0.05, 0) is 6.07 Å². The molecule has 0 radical (unpaired) electrons. The van der Waals surface area contributed by atoms with Gasteiger partial charge in [-0.2, -0.15) is 0 Å². The molecule has 104 valence electrons. The molecule has 5 nitrogen and oxygen atoms in total. The van der Waals surface area contributed by atoms with Crippen LogP contribution in [0.1, 0.15) is 5.56 Å². The molecule has 0 aliphatic carbocycles. The van der Waals surface area contributed by atoms with Crippen molar-refractivity contribution in [2.45, 2.75) is 5.75 Å². The Kier molecular flexibility index (Phi) is 3.81. The Morgan fingerprint density at radius 2 is 2.05 bits per heavy atom. The van der Waals surface area contributed by atoms with Gasteiger partial charge in [0, 0.05) is 24.7 Å². The van der Waals surface area contributed by atoms with E-state index in [0.717, 1.165) is 12.1 Å². The number of nitrogens with one attached hydrogen (secondary N) is 2. The second-order valence-corrected chi connectivity index (χ2v) is 6.04. The van der Waals surface area contributed by atoms with E-state index in [1.807, 2.05) is 4.72 Å². The first-order valence-electron chi connectivity index (χ1n) is 5.56. The lowest BCUT2D eigenvalue weighted by atomic mass is 10.0. The average molecular weight is 290 g/mol. The van der Waals surface area contributed by atoms with E-state index in [0.29, 0.717) is 19.2 Å². The van der Waals surface area contributed by atoms with E-state index in [1.54, 1.807) is 0 Å². The van der Waals surface area contributed by atoms with Crippen LogP contribution in [0.4, 0.5) is 8.78 Å². The van der Waals surface area contributed by atoms with E-state index < -0.39 is 33.3 Å². The van der Waals surface area contributed by atoms with Gasteiger partial charge in [-0.3, -0.25) is 9.52 Å². The zero-order valence-electron chi connectivity index (χ0n) is 9.82. The largest absolute Gasteiger partial charge is 0.315 e. The summed E-state index contributed by atoms with van der Waals surface area (Å²) in [7, 11) is -3.98. The molecule has 0 spiro atoms. The molecule has 0 bridgehead atoms. The van der Waals surface area contributed by atoms with Crippen LogP contribution in [0.25, 0.3) is 0 Å². The summed E-state index contributed by atoms with van der Waals surface area (Å²) in [5.41, 5.74) is -0.187. The van der Waals surface area contributed by atoms with Gasteiger partial charge < -0.3 is 5.32 Å². The SMILES string of the molecule is O=C(NS(=O)(=O)Cc1ccc(F)cc1F)C1CNC1. The van der Waals surface area contributed by atoms with Crippen LogP contribution in [0.3, 0.4) is 0 Å². The zero-order valence-corrected chi connectivity index (χ0v) is 10.6. The highest BCUT2D eigenvalue weighted by Gasteiger charge is 2.28. The first kappa shape index (κ1) is 13.9. The van der Waals surface area contributed by atoms with Crippen LogP contribution in [0.5, 0.6) is 0 Å². The van der Waals surface area contributed by atoms with E-state index in [1.165, 1.54) is 0 Å². The van der Waals surface area contributed by atoms with Gasteiger partial charge in [0.2, 0.25) is 15.9 Å². The summed E-state index contributed by atoms with van der Waals surface area (Å²) >= 11 is 0. The number of hydrogen-bond donors (Lipinski definition) is 2. The highest BCUT2D eigenvalue weighted by atomic mass is 32.2. The Morgan fingerprint density at radius 1 is 1.37 bits per heavy atom. The van der Waals surface area contributed by atoms with Crippen LogP contribution in [-0.4, -0.2) is 27.4 Å². The number of benzene rings is 1. The molecule has 1 saturated heterocycles. The van der Waals surface area contributed by atoms with Crippen LogP contribution in [0.15, 0.2) is 18.2 Å². The molecule has 8 heteroatoms. The standard InChI is InChI=1S/C11H12F2N2O3S/c12-9-2-1-7(10(13)3-9)6-19(17,18)15-11(16)8-4-14-5-8/h1-3,8,14H,4-6H2,(H,15,16). The monoisotopic (exact) mass is 290 g/mol. The van der Waals surface area contributed by atoms with Gasteiger partial charge in [0.05, 0.1) is 11.7 Å². The maximum atomic E-state index is 13.3. The number of sulfonamides is 1. The zero-order chi connectivity index (χ0) is 14.0. The fourth-order valence-corrected chi connectivity index (χ4v) is 2.78. The van der Waals surface area contributed by atoms with Crippen molar-refractivity contribution < 1.29 is 22.0 Å². The van der Waals surface area contributed by atoms with Crippen LogP contribution >= 0.6 is 0 Å². The summed E-state index contributed by atoms with van der Waals surface area (Å²) in [6, 6.07) is 2.60. The van der Waals surface area contributed by atoms with Crippen molar-refractivity contribution in [3.63, 3.8) is 0 Å². The van der Waals surface area contributed by atoms with E-state index >= 15 is 0 Å². The summed E-state index contributed by atoms with van der Waals surface area (Å²) in [6.45, 7) is 0.846. The molecule has 0 unspecified atom stereocenters. The highest BCUT2D eigenvalue weighted by Crippen LogP contribution is 2.13. The summed E-state index contributed by atoms with van der Waals surface area (Å²) in [5.74, 6) is -3.44. The van der Waals surface area contributed by atoms with E-state index in [2.05, 4.69) is 5.32 Å². The minimum atomic E-state index is -3.98. The fourth-order valence-electron chi connectivity index (χ4n) is 1.59.